The van der Waals surface area contributed by atoms with Gasteiger partial charge >= 0.3 is 12.0 Å². The van der Waals surface area contributed by atoms with Gasteiger partial charge in [-0.3, -0.25) is 19.6 Å². The molecule has 2 fully saturated rings. The lowest BCUT2D eigenvalue weighted by Crippen LogP contribution is -2.67. The second-order valence-corrected chi connectivity index (χ2v) is 20.3. The van der Waals surface area contributed by atoms with Gasteiger partial charge in [0, 0.05) is 104 Å². The fourth-order valence-corrected chi connectivity index (χ4v) is 10.9. The van der Waals surface area contributed by atoms with Crippen LogP contribution >= 0.6 is 11.3 Å². The lowest BCUT2D eigenvalue weighted by Gasteiger charge is -2.46. The molecule has 6 heterocycles. The number of amides is 4. The third-order valence-electron chi connectivity index (χ3n) is 13.2. The van der Waals surface area contributed by atoms with Crippen LogP contribution in [-0.4, -0.2) is 141 Å². The molecule has 4 amide bonds. The zero-order valence-corrected chi connectivity index (χ0v) is 40.6. The highest BCUT2D eigenvalue weighted by atomic mass is 32.1. The van der Waals surface area contributed by atoms with Crippen molar-refractivity contribution >= 4 is 46.1 Å². The Hall–Kier alpha value is -4.94. The maximum absolute atomic E-state index is 14.7. The van der Waals surface area contributed by atoms with Crippen LogP contribution in [0.2, 0.25) is 0 Å². The maximum atomic E-state index is 14.7. The van der Waals surface area contributed by atoms with Crippen molar-refractivity contribution in [1.29, 1.82) is 0 Å². The van der Waals surface area contributed by atoms with E-state index in [1.54, 1.807) is 20.4 Å². The molecule has 0 spiro atoms. The Morgan fingerprint density at radius 2 is 1.86 bits per heavy atom. The summed E-state index contributed by atoms with van der Waals surface area (Å²) >= 11 is 1.38. The van der Waals surface area contributed by atoms with Gasteiger partial charge in [0.1, 0.15) is 12.1 Å². The molecule has 6 bridgehead atoms. The minimum absolute atomic E-state index is 0.00670. The van der Waals surface area contributed by atoms with Gasteiger partial charge in [-0.25, -0.2) is 14.6 Å². The Kier molecular flexibility index (Phi) is 14.1. The number of aromatic nitrogens is 3. The van der Waals surface area contributed by atoms with Crippen LogP contribution in [0.1, 0.15) is 90.6 Å². The Balaban J connectivity index is 1.30. The zero-order chi connectivity index (χ0) is 47.1. The average Bonchev–Trinajstić information content (AvgIpc) is 3.85. The highest BCUT2D eigenvalue weighted by molar-refractivity contribution is 7.10. The fraction of sp³-hybridized carbons (Fsp3) is 0.583. The van der Waals surface area contributed by atoms with Crippen LogP contribution < -0.4 is 10.7 Å². The van der Waals surface area contributed by atoms with E-state index in [0.29, 0.717) is 31.1 Å². The second kappa shape index (κ2) is 19.1. The number of pyridine rings is 1. The fourth-order valence-electron chi connectivity index (χ4n) is 10.1. The van der Waals surface area contributed by atoms with Gasteiger partial charge in [0.25, 0.3) is 5.91 Å². The van der Waals surface area contributed by atoms with Gasteiger partial charge in [0.15, 0.2) is 0 Å². The average molecular weight is 914 g/mol. The van der Waals surface area contributed by atoms with Crippen LogP contribution in [0.15, 0.2) is 41.9 Å². The molecule has 1 aromatic carbocycles. The van der Waals surface area contributed by atoms with E-state index in [0.717, 1.165) is 44.7 Å². The molecular formula is C48H67N9O7S. The predicted molar refractivity (Wildman–Crippen MR) is 251 cm³/mol. The smallest absolute Gasteiger partial charge is 0.355 e. The summed E-state index contributed by atoms with van der Waals surface area (Å²) in [6, 6.07) is 7.82. The zero-order valence-electron chi connectivity index (χ0n) is 39.8. The normalized spacial score (nSPS) is 24.1. The van der Waals surface area contributed by atoms with Crippen LogP contribution in [0.5, 0.6) is 0 Å². The molecule has 0 saturated carbocycles. The summed E-state index contributed by atoms with van der Waals surface area (Å²) in [6.07, 6.45) is 2.31. The van der Waals surface area contributed by atoms with Gasteiger partial charge < -0.3 is 39.2 Å². The summed E-state index contributed by atoms with van der Waals surface area (Å²) in [5.74, 6) is -2.26. The Bertz CT molecular complexity index is 2400. The number of rotatable bonds is 8. The van der Waals surface area contributed by atoms with Crippen LogP contribution in [0.4, 0.5) is 4.79 Å². The lowest BCUT2D eigenvalue weighted by atomic mass is 9.84. The van der Waals surface area contributed by atoms with Crippen LogP contribution in [-0.2, 0) is 43.2 Å². The first kappa shape index (κ1) is 48.0. The molecule has 3 aliphatic heterocycles. The van der Waals surface area contributed by atoms with Crippen molar-refractivity contribution in [3.05, 3.63) is 58.2 Å². The highest BCUT2D eigenvalue weighted by Crippen LogP contribution is 2.42. The number of fused-ring (bicyclic) bond motifs is 6. The van der Waals surface area contributed by atoms with E-state index in [1.807, 2.05) is 71.9 Å². The molecule has 3 N–H and O–H groups in total. The minimum Gasteiger partial charge on any atom is -0.462 e. The molecular weight excluding hydrogens is 847 g/mol. The molecule has 6 atom stereocenters. The summed E-state index contributed by atoms with van der Waals surface area (Å²) in [6.45, 7) is 18.1. The Morgan fingerprint density at radius 1 is 1.14 bits per heavy atom. The third kappa shape index (κ3) is 9.66. The summed E-state index contributed by atoms with van der Waals surface area (Å²) in [7, 11) is 5.34. The van der Waals surface area contributed by atoms with E-state index < -0.39 is 41.0 Å². The molecule has 4 aromatic rings. The molecule has 3 aromatic heterocycles. The topological polar surface area (TPSA) is 175 Å². The van der Waals surface area contributed by atoms with Crippen molar-refractivity contribution in [1.82, 2.24) is 45.0 Å². The molecule has 65 heavy (non-hydrogen) atoms. The van der Waals surface area contributed by atoms with Crippen LogP contribution in [0.25, 0.3) is 33.4 Å². The van der Waals surface area contributed by atoms with Gasteiger partial charge in [0.05, 0.1) is 34.8 Å². The number of hydrogen-bond donors (Lipinski definition) is 3. The van der Waals surface area contributed by atoms with Crippen molar-refractivity contribution in [2.24, 2.45) is 11.3 Å². The van der Waals surface area contributed by atoms with Crippen molar-refractivity contribution < 1.29 is 33.8 Å². The number of likely N-dealkylation sites (N-methyl/N-ethyl adjacent to an activating group) is 2. The second-order valence-electron chi connectivity index (χ2n) is 19.4. The van der Waals surface area contributed by atoms with Crippen molar-refractivity contribution in [3.63, 3.8) is 0 Å². The number of cyclic esters (lactones) is 1. The van der Waals surface area contributed by atoms with E-state index in [9.17, 15) is 24.3 Å². The molecule has 0 unspecified atom stereocenters. The number of nitrogens with one attached hydrogen (secondary N) is 2. The van der Waals surface area contributed by atoms with Crippen LogP contribution in [0, 0.1) is 11.3 Å². The van der Waals surface area contributed by atoms with Gasteiger partial charge in [-0.1, -0.05) is 33.8 Å². The summed E-state index contributed by atoms with van der Waals surface area (Å²) in [4.78, 5) is 72.7. The number of hydrazine groups is 1. The quantitative estimate of drug-likeness (QED) is 0.187. The summed E-state index contributed by atoms with van der Waals surface area (Å²) in [5, 5.41) is 19.6. The number of hydrogen-bond acceptors (Lipinski definition) is 12. The largest absolute Gasteiger partial charge is 0.462 e. The van der Waals surface area contributed by atoms with Crippen LogP contribution in [0.3, 0.4) is 0 Å². The van der Waals surface area contributed by atoms with E-state index in [4.69, 9.17) is 19.4 Å². The Labute approximate surface area is 386 Å². The molecule has 7 rings (SSSR count). The maximum Gasteiger partial charge on any atom is 0.355 e. The molecule has 2 saturated heterocycles. The molecule has 16 nitrogen and oxygen atoms in total. The molecule has 352 valence electrons. The SMILES string of the molecule is CCn1c(-c2cccnc2[C@H](C)OC)c2c3cc(ccc31)-c1csc(n1)C[C@H](NC(=O)[C@H](C(C)C)N(C)C(=O)N1[C@H](C)CN(C)C[C@@H]1C)C(=O)N1CCC[C@@](O)(N1)C(=O)OCC(C)(C)C2. The first-order chi connectivity index (χ1) is 30.8. The Morgan fingerprint density at radius 3 is 2.54 bits per heavy atom. The van der Waals surface area contributed by atoms with Gasteiger partial charge in [-0.05, 0) is 83.3 Å². The van der Waals surface area contributed by atoms with Crippen molar-refractivity contribution in [3.8, 4) is 22.5 Å². The van der Waals surface area contributed by atoms with Crippen molar-refractivity contribution in [2.75, 3.05) is 47.4 Å². The minimum atomic E-state index is -2.21. The number of aryl methyl sites for hydroxylation is 1. The number of carbonyl (C=O) groups excluding carboxylic acids is 4. The molecule has 3 aliphatic rings. The number of methoxy groups -OCH3 is 1. The first-order valence-electron chi connectivity index (χ1n) is 22.9. The van der Waals surface area contributed by atoms with E-state index >= 15 is 0 Å². The number of thiazole rings is 1. The standard InChI is InChI=1S/C48H67N9O7S/c1-12-55-38-17-16-32-21-34(38)35(42(55)33-15-13-19-49-40(33)31(6)63-11)23-47(7,8)27-64-45(60)48(62)18-14-20-56(52-48)44(59)36(22-39-50-37(32)26-65-39)51-43(58)41(28(2)3)54(10)46(61)57-29(4)24-53(9)25-30(57)5/h13,15-17,19,21,26,28-31,36,41,52,62H,12,14,18,20,22-25,27H2,1-11H3,(H,51,58)/t29-,30+,31-,36-,41-,48-/m0/s1. The van der Waals surface area contributed by atoms with Gasteiger partial charge in [-0.15, -0.1) is 11.3 Å². The van der Waals surface area contributed by atoms with Gasteiger partial charge in [0.2, 0.25) is 11.6 Å². The number of nitrogens with zero attached hydrogens (tertiary/aromatic N) is 7. The summed E-state index contributed by atoms with van der Waals surface area (Å²) in [5.41, 5.74) is 6.38. The number of carbonyl (C=O) groups is 4. The number of benzene rings is 1. The van der Waals surface area contributed by atoms with E-state index in [1.165, 1.54) is 21.2 Å². The number of aliphatic hydroxyl groups is 1. The summed E-state index contributed by atoms with van der Waals surface area (Å²) < 4.78 is 14.1. The highest BCUT2D eigenvalue weighted by Gasteiger charge is 2.46. The first-order valence-corrected chi connectivity index (χ1v) is 23.8. The van der Waals surface area contributed by atoms with E-state index in [-0.39, 0.29) is 62.6 Å². The molecule has 0 aliphatic carbocycles. The number of piperazine rings is 1. The third-order valence-corrected chi connectivity index (χ3v) is 14.1. The predicted octanol–water partition coefficient (Wildman–Crippen LogP) is 5.62. The number of esters is 1. The molecule has 0 radical (unpaired) electrons. The number of urea groups is 1. The number of ether oxygens (including phenoxy) is 2. The van der Waals surface area contributed by atoms with E-state index in [2.05, 4.69) is 51.4 Å². The lowest BCUT2D eigenvalue weighted by molar-refractivity contribution is -0.189. The molecule has 17 heteroatoms. The van der Waals surface area contributed by atoms with Gasteiger partial charge in [-0.2, -0.15) is 5.43 Å². The van der Waals surface area contributed by atoms with Crippen molar-refractivity contribution in [2.45, 2.75) is 124 Å². The monoisotopic (exact) mass is 913 g/mol.